The van der Waals surface area contributed by atoms with E-state index in [1.807, 2.05) is 6.92 Å². The Labute approximate surface area is 104 Å². The van der Waals surface area contributed by atoms with E-state index in [0.29, 0.717) is 18.5 Å². The maximum absolute atomic E-state index is 4.92. The van der Waals surface area contributed by atoms with Crippen molar-refractivity contribution in [1.29, 1.82) is 0 Å². The molecule has 1 aromatic heterocycles. The molecule has 98 valence electrons. The Morgan fingerprint density at radius 3 is 2.65 bits per heavy atom. The molecule has 0 aliphatic rings. The molecule has 0 spiro atoms. The van der Waals surface area contributed by atoms with Crippen LogP contribution in [0.1, 0.15) is 64.1 Å². The van der Waals surface area contributed by atoms with E-state index in [4.69, 9.17) is 4.52 Å². The molecule has 0 fully saturated rings. The van der Waals surface area contributed by atoms with E-state index in [9.17, 15) is 0 Å². The van der Waals surface area contributed by atoms with Gasteiger partial charge in [-0.3, -0.25) is 0 Å². The van der Waals surface area contributed by atoms with Gasteiger partial charge >= 0.3 is 0 Å². The molecule has 4 nitrogen and oxygen atoms in total. The van der Waals surface area contributed by atoms with E-state index in [1.54, 1.807) is 0 Å². The average molecular weight is 239 g/mol. The second-order valence-electron chi connectivity index (χ2n) is 4.71. The second kappa shape index (κ2) is 8.23. The van der Waals surface area contributed by atoms with Crippen molar-refractivity contribution in [2.45, 2.75) is 71.9 Å². The van der Waals surface area contributed by atoms with Crippen LogP contribution in [-0.4, -0.2) is 16.2 Å². The van der Waals surface area contributed by atoms with Gasteiger partial charge in [0.25, 0.3) is 0 Å². The van der Waals surface area contributed by atoms with Crippen LogP contribution in [0.3, 0.4) is 0 Å². The first-order chi connectivity index (χ1) is 8.22. The monoisotopic (exact) mass is 239 g/mol. The van der Waals surface area contributed by atoms with E-state index in [-0.39, 0.29) is 0 Å². The zero-order valence-electron chi connectivity index (χ0n) is 11.3. The second-order valence-corrected chi connectivity index (χ2v) is 4.71. The minimum absolute atomic E-state index is 0.524. The summed E-state index contributed by atoms with van der Waals surface area (Å²) in [6.07, 6.45) is 7.92. The Bertz CT molecular complexity index is 299. The number of unbranched alkanes of at least 4 members (excludes halogenated alkanes) is 4. The fourth-order valence-electron chi connectivity index (χ4n) is 1.83. The molecule has 1 aromatic rings. The molecular weight excluding hydrogens is 214 g/mol. The van der Waals surface area contributed by atoms with Crippen LogP contribution >= 0.6 is 0 Å². The van der Waals surface area contributed by atoms with Crippen molar-refractivity contribution < 1.29 is 4.52 Å². The lowest BCUT2D eigenvalue weighted by Gasteiger charge is -2.11. The van der Waals surface area contributed by atoms with Gasteiger partial charge in [-0.05, 0) is 13.3 Å². The van der Waals surface area contributed by atoms with E-state index in [0.717, 1.165) is 5.82 Å². The van der Waals surface area contributed by atoms with Gasteiger partial charge in [0.05, 0.1) is 6.54 Å². The molecule has 1 atom stereocenters. The zero-order chi connectivity index (χ0) is 12.5. The Morgan fingerprint density at radius 1 is 1.24 bits per heavy atom. The van der Waals surface area contributed by atoms with Crippen molar-refractivity contribution >= 4 is 0 Å². The minimum Gasteiger partial charge on any atom is -0.340 e. The molecule has 1 N–H and O–H groups in total. The molecule has 4 heteroatoms. The summed E-state index contributed by atoms with van der Waals surface area (Å²) in [4.78, 5) is 4.16. The first-order valence-electron chi connectivity index (χ1n) is 6.75. The predicted molar refractivity (Wildman–Crippen MR) is 68.7 cm³/mol. The summed E-state index contributed by atoms with van der Waals surface area (Å²) in [7, 11) is 0. The smallest absolute Gasteiger partial charge is 0.223 e. The van der Waals surface area contributed by atoms with Crippen molar-refractivity contribution in [2.75, 3.05) is 0 Å². The quantitative estimate of drug-likeness (QED) is 0.672. The SMILES string of the molecule is CCCCCCCC(C)NCc1noc(C)n1. The molecule has 0 saturated carbocycles. The molecule has 17 heavy (non-hydrogen) atoms. The highest BCUT2D eigenvalue weighted by atomic mass is 16.5. The minimum atomic E-state index is 0.524. The normalized spacial score (nSPS) is 12.9. The van der Waals surface area contributed by atoms with Gasteiger partial charge < -0.3 is 9.84 Å². The van der Waals surface area contributed by atoms with Crippen molar-refractivity contribution in [3.8, 4) is 0 Å². The highest BCUT2D eigenvalue weighted by molar-refractivity contribution is 4.83. The lowest BCUT2D eigenvalue weighted by Crippen LogP contribution is -2.25. The van der Waals surface area contributed by atoms with Crippen LogP contribution in [0.4, 0.5) is 0 Å². The third-order valence-electron chi connectivity index (χ3n) is 2.92. The molecule has 0 aliphatic carbocycles. The highest BCUT2D eigenvalue weighted by Gasteiger charge is 2.05. The van der Waals surface area contributed by atoms with E-state index in [2.05, 4.69) is 29.3 Å². The molecule has 0 saturated heterocycles. The number of hydrogen-bond donors (Lipinski definition) is 1. The maximum Gasteiger partial charge on any atom is 0.223 e. The van der Waals surface area contributed by atoms with E-state index >= 15 is 0 Å². The average Bonchev–Trinajstić information content (AvgIpc) is 2.72. The largest absolute Gasteiger partial charge is 0.340 e. The van der Waals surface area contributed by atoms with Crippen LogP contribution in [0, 0.1) is 6.92 Å². The summed E-state index contributed by atoms with van der Waals surface area (Å²) in [5.74, 6) is 1.38. The first-order valence-corrected chi connectivity index (χ1v) is 6.75. The van der Waals surface area contributed by atoms with Crippen LogP contribution in [0.2, 0.25) is 0 Å². The maximum atomic E-state index is 4.92. The number of aryl methyl sites for hydroxylation is 1. The molecule has 0 bridgehead atoms. The fourth-order valence-corrected chi connectivity index (χ4v) is 1.83. The molecule has 0 aliphatic heterocycles. The Hall–Kier alpha value is -0.900. The Morgan fingerprint density at radius 2 is 2.00 bits per heavy atom. The topological polar surface area (TPSA) is 51.0 Å². The zero-order valence-corrected chi connectivity index (χ0v) is 11.3. The van der Waals surface area contributed by atoms with Crippen molar-refractivity contribution in [1.82, 2.24) is 15.5 Å². The van der Waals surface area contributed by atoms with Gasteiger partial charge in [-0.25, -0.2) is 0 Å². The lowest BCUT2D eigenvalue weighted by atomic mass is 10.1. The number of aromatic nitrogens is 2. The molecule has 0 aromatic carbocycles. The number of nitrogens with zero attached hydrogens (tertiary/aromatic N) is 2. The van der Waals surface area contributed by atoms with Gasteiger partial charge in [0, 0.05) is 13.0 Å². The van der Waals surface area contributed by atoms with Gasteiger partial charge in [0.1, 0.15) is 0 Å². The molecule has 0 radical (unpaired) electrons. The van der Waals surface area contributed by atoms with Gasteiger partial charge in [-0.2, -0.15) is 4.98 Å². The van der Waals surface area contributed by atoms with E-state index < -0.39 is 0 Å². The number of hydrogen-bond acceptors (Lipinski definition) is 4. The summed E-state index contributed by atoms with van der Waals surface area (Å²) in [5.41, 5.74) is 0. The summed E-state index contributed by atoms with van der Waals surface area (Å²) in [5, 5.41) is 7.28. The van der Waals surface area contributed by atoms with Crippen LogP contribution in [-0.2, 0) is 6.54 Å². The summed E-state index contributed by atoms with van der Waals surface area (Å²) in [6, 6.07) is 0.524. The standard InChI is InChI=1S/C13H25N3O/c1-4-5-6-7-8-9-11(2)14-10-13-15-12(3)17-16-13/h11,14H,4-10H2,1-3H3. The molecule has 1 unspecified atom stereocenters. The van der Waals surface area contributed by atoms with Gasteiger partial charge in [0.15, 0.2) is 5.82 Å². The van der Waals surface area contributed by atoms with Gasteiger partial charge in [0.2, 0.25) is 5.89 Å². The van der Waals surface area contributed by atoms with Crippen LogP contribution < -0.4 is 5.32 Å². The Kier molecular flexibility index (Phi) is 6.86. The summed E-state index contributed by atoms with van der Waals surface area (Å²) >= 11 is 0. The van der Waals surface area contributed by atoms with Crippen molar-refractivity contribution in [3.63, 3.8) is 0 Å². The molecule has 1 rings (SSSR count). The lowest BCUT2D eigenvalue weighted by molar-refractivity contribution is 0.382. The molecular formula is C13H25N3O. The van der Waals surface area contributed by atoms with Crippen LogP contribution in [0.15, 0.2) is 4.52 Å². The predicted octanol–water partition coefficient (Wildman–Crippen LogP) is 3.22. The van der Waals surface area contributed by atoms with Crippen LogP contribution in [0.5, 0.6) is 0 Å². The van der Waals surface area contributed by atoms with Gasteiger partial charge in [-0.1, -0.05) is 44.2 Å². The van der Waals surface area contributed by atoms with Gasteiger partial charge in [-0.15, -0.1) is 0 Å². The third kappa shape index (κ3) is 6.41. The number of rotatable bonds is 9. The molecule has 1 heterocycles. The Balaban J connectivity index is 2.03. The highest BCUT2D eigenvalue weighted by Crippen LogP contribution is 2.07. The number of nitrogens with one attached hydrogen (secondary N) is 1. The molecule has 0 amide bonds. The first kappa shape index (κ1) is 14.2. The fraction of sp³-hybridized carbons (Fsp3) is 0.846. The van der Waals surface area contributed by atoms with Crippen LogP contribution in [0.25, 0.3) is 0 Å². The third-order valence-corrected chi connectivity index (χ3v) is 2.92. The van der Waals surface area contributed by atoms with Crippen molar-refractivity contribution in [3.05, 3.63) is 11.7 Å². The summed E-state index contributed by atoms with van der Waals surface area (Å²) < 4.78 is 4.92. The van der Waals surface area contributed by atoms with E-state index in [1.165, 1.54) is 38.5 Å². The van der Waals surface area contributed by atoms with Crippen molar-refractivity contribution in [2.24, 2.45) is 0 Å². The summed E-state index contributed by atoms with van der Waals surface area (Å²) in [6.45, 7) is 6.98.